The first kappa shape index (κ1) is 15.3. The molecule has 116 valence electrons. The molecule has 5 heteroatoms. The third-order valence-corrected chi connectivity index (χ3v) is 4.61. The molecule has 0 unspecified atom stereocenters. The molecule has 2 heterocycles. The first-order valence-electron chi connectivity index (χ1n) is 7.47. The molecule has 0 amide bonds. The van der Waals surface area contributed by atoms with Crippen molar-refractivity contribution in [2.24, 2.45) is 0 Å². The van der Waals surface area contributed by atoms with Crippen LogP contribution in [0.25, 0.3) is 11.3 Å². The molecule has 0 saturated carbocycles. The number of aliphatic hydroxyl groups is 1. The number of aliphatic hydroxyl groups excluding tert-OH is 1. The van der Waals surface area contributed by atoms with Crippen molar-refractivity contribution in [3.8, 4) is 11.3 Å². The van der Waals surface area contributed by atoms with Crippen LogP contribution in [-0.4, -0.2) is 23.4 Å². The Balaban J connectivity index is 1.94. The summed E-state index contributed by atoms with van der Waals surface area (Å²) in [5, 5.41) is 9.67. The van der Waals surface area contributed by atoms with Gasteiger partial charge in [0.1, 0.15) is 5.76 Å². The minimum Gasteiger partial charge on any atom is -0.464 e. The number of furan rings is 1. The zero-order chi connectivity index (χ0) is 16.0. The molecule has 0 atom stereocenters. The minimum absolute atomic E-state index is 0.0661. The first-order valence-corrected chi connectivity index (χ1v) is 7.47. The summed E-state index contributed by atoms with van der Waals surface area (Å²) in [4.78, 5) is 0. The van der Waals surface area contributed by atoms with E-state index >= 15 is 0 Å². The SMILES string of the molecule is CC1(C)OB(c2ccc(-c3ccco3)c(CO)c2)OC1(C)C. The lowest BCUT2D eigenvalue weighted by Gasteiger charge is -2.32. The summed E-state index contributed by atoms with van der Waals surface area (Å²) < 4.78 is 17.5. The average Bonchev–Trinajstić information content (AvgIpc) is 3.05. The van der Waals surface area contributed by atoms with Gasteiger partial charge in [-0.05, 0) is 50.9 Å². The first-order chi connectivity index (χ1) is 10.3. The Hall–Kier alpha value is -1.56. The molecule has 0 bridgehead atoms. The summed E-state index contributed by atoms with van der Waals surface area (Å²) in [6.45, 7) is 8.03. The maximum absolute atomic E-state index is 9.67. The van der Waals surface area contributed by atoms with Gasteiger partial charge in [0.2, 0.25) is 0 Å². The van der Waals surface area contributed by atoms with Crippen LogP contribution >= 0.6 is 0 Å². The van der Waals surface area contributed by atoms with Gasteiger partial charge in [-0.1, -0.05) is 18.2 Å². The van der Waals surface area contributed by atoms with Crippen LogP contribution < -0.4 is 5.46 Å². The van der Waals surface area contributed by atoms with Crippen molar-refractivity contribution < 1.29 is 18.8 Å². The third kappa shape index (κ3) is 2.49. The molecule has 1 N–H and O–H groups in total. The monoisotopic (exact) mass is 300 g/mol. The van der Waals surface area contributed by atoms with Gasteiger partial charge in [-0.25, -0.2) is 0 Å². The highest BCUT2D eigenvalue weighted by atomic mass is 16.7. The van der Waals surface area contributed by atoms with Gasteiger partial charge in [-0.2, -0.15) is 0 Å². The van der Waals surface area contributed by atoms with E-state index in [-0.39, 0.29) is 17.8 Å². The molecule has 0 spiro atoms. The molecule has 1 saturated heterocycles. The molecule has 4 nitrogen and oxygen atoms in total. The normalized spacial score (nSPS) is 19.6. The smallest absolute Gasteiger partial charge is 0.464 e. The van der Waals surface area contributed by atoms with Gasteiger partial charge in [0.05, 0.1) is 24.1 Å². The van der Waals surface area contributed by atoms with Crippen LogP contribution in [0.15, 0.2) is 41.0 Å². The Morgan fingerprint density at radius 1 is 1.05 bits per heavy atom. The highest BCUT2D eigenvalue weighted by Crippen LogP contribution is 2.36. The fraction of sp³-hybridized carbons (Fsp3) is 0.412. The van der Waals surface area contributed by atoms with Crippen LogP contribution in [0.2, 0.25) is 0 Å². The van der Waals surface area contributed by atoms with Crippen molar-refractivity contribution in [2.75, 3.05) is 0 Å². The Labute approximate surface area is 131 Å². The molecule has 1 aromatic heterocycles. The lowest BCUT2D eigenvalue weighted by Crippen LogP contribution is -2.41. The van der Waals surface area contributed by atoms with Gasteiger partial charge in [0, 0.05) is 5.56 Å². The van der Waals surface area contributed by atoms with Crippen molar-refractivity contribution in [3.05, 3.63) is 42.2 Å². The van der Waals surface area contributed by atoms with Gasteiger partial charge in [-0.3, -0.25) is 0 Å². The van der Waals surface area contributed by atoms with Crippen molar-refractivity contribution >= 4 is 12.6 Å². The Morgan fingerprint density at radius 3 is 2.27 bits per heavy atom. The topological polar surface area (TPSA) is 51.8 Å². The Morgan fingerprint density at radius 2 is 1.73 bits per heavy atom. The van der Waals surface area contributed by atoms with Crippen LogP contribution in [0.1, 0.15) is 33.3 Å². The fourth-order valence-electron chi connectivity index (χ4n) is 2.54. The van der Waals surface area contributed by atoms with Gasteiger partial charge in [0.15, 0.2) is 0 Å². The summed E-state index contributed by atoms with van der Waals surface area (Å²) >= 11 is 0. The van der Waals surface area contributed by atoms with E-state index < -0.39 is 7.12 Å². The summed E-state index contributed by atoms with van der Waals surface area (Å²) in [6.07, 6.45) is 1.62. The molecule has 0 aliphatic carbocycles. The Kier molecular flexibility index (Phi) is 3.67. The van der Waals surface area contributed by atoms with E-state index in [2.05, 4.69) is 0 Å². The molecule has 1 aliphatic heterocycles. The molecule has 1 fully saturated rings. The highest BCUT2D eigenvalue weighted by molar-refractivity contribution is 6.62. The van der Waals surface area contributed by atoms with E-state index in [1.54, 1.807) is 6.26 Å². The van der Waals surface area contributed by atoms with Crippen LogP contribution in [0.4, 0.5) is 0 Å². The maximum Gasteiger partial charge on any atom is 0.494 e. The standard InChI is InChI=1S/C17H21BO4/c1-16(2)17(3,4)22-18(21-16)13-7-8-14(12(10-13)11-19)15-6-5-9-20-15/h5-10,19H,11H2,1-4H3. The molecule has 3 rings (SSSR count). The molecule has 2 aromatic rings. The second kappa shape index (κ2) is 5.27. The second-order valence-corrected chi connectivity index (χ2v) is 6.64. The number of hydrogen-bond donors (Lipinski definition) is 1. The number of benzene rings is 1. The van der Waals surface area contributed by atoms with Gasteiger partial charge >= 0.3 is 7.12 Å². The molecule has 22 heavy (non-hydrogen) atoms. The molecule has 0 radical (unpaired) electrons. The van der Waals surface area contributed by atoms with Crippen molar-refractivity contribution in [1.82, 2.24) is 0 Å². The molecular formula is C17H21BO4. The van der Waals surface area contributed by atoms with Gasteiger partial charge in [-0.15, -0.1) is 0 Å². The van der Waals surface area contributed by atoms with Crippen LogP contribution in [-0.2, 0) is 15.9 Å². The van der Waals surface area contributed by atoms with E-state index in [0.717, 1.165) is 22.3 Å². The number of rotatable bonds is 3. The predicted molar refractivity (Wildman–Crippen MR) is 85.8 cm³/mol. The minimum atomic E-state index is -0.430. The molecule has 1 aromatic carbocycles. The fourth-order valence-corrected chi connectivity index (χ4v) is 2.54. The van der Waals surface area contributed by atoms with E-state index in [0.29, 0.717) is 0 Å². The Bertz CT molecular complexity index is 645. The quantitative estimate of drug-likeness (QED) is 0.886. The molecular weight excluding hydrogens is 279 g/mol. The van der Waals surface area contributed by atoms with Gasteiger partial charge < -0.3 is 18.8 Å². The zero-order valence-electron chi connectivity index (χ0n) is 13.4. The van der Waals surface area contributed by atoms with E-state index in [1.807, 2.05) is 58.0 Å². The third-order valence-electron chi connectivity index (χ3n) is 4.61. The summed E-state index contributed by atoms with van der Waals surface area (Å²) in [5.41, 5.74) is 1.82. The highest BCUT2D eigenvalue weighted by Gasteiger charge is 2.51. The average molecular weight is 300 g/mol. The van der Waals surface area contributed by atoms with Crippen molar-refractivity contribution in [1.29, 1.82) is 0 Å². The second-order valence-electron chi connectivity index (χ2n) is 6.64. The van der Waals surface area contributed by atoms with Crippen molar-refractivity contribution in [2.45, 2.75) is 45.5 Å². The van der Waals surface area contributed by atoms with Crippen LogP contribution in [0.3, 0.4) is 0 Å². The predicted octanol–water partition coefficient (Wildman–Crippen LogP) is 2.74. The van der Waals surface area contributed by atoms with Crippen LogP contribution in [0.5, 0.6) is 0 Å². The van der Waals surface area contributed by atoms with E-state index in [9.17, 15) is 5.11 Å². The zero-order valence-corrected chi connectivity index (χ0v) is 13.4. The van der Waals surface area contributed by atoms with Crippen molar-refractivity contribution in [3.63, 3.8) is 0 Å². The van der Waals surface area contributed by atoms with Gasteiger partial charge in [0.25, 0.3) is 0 Å². The lowest BCUT2D eigenvalue weighted by molar-refractivity contribution is 0.00578. The lowest BCUT2D eigenvalue weighted by atomic mass is 9.77. The van der Waals surface area contributed by atoms with E-state index in [1.165, 1.54) is 0 Å². The van der Waals surface area contributed by atoms with Crippen LogP contribution in [0, 0.1) is 0 Å². The summed E-state index contributed by atoms with van der Waals surface area (Å²) in [7, 11) is -0.430. The summed E-state index contributed by atoms with van der Waals surface area (Å²) in [5.74, 6) is 0.740. The van der Waals surface area contributed by atoms with E-state index in [4.69, 9.17) is 13.7 Å². The summed E-state index contributed by atoms with van der Waals surface area (Å²) in [6, 6.07) is 9.52. The largest absolute Gasteiger partial charge is 0.494 e. The number of hydrogen-bond acceptors (Lipinski definition) is 4. The molecule has 1 aliphatic rings. The maximum atomic E-state index is 9.67.